The van der Waals surface area contributed by atoms with Crippen molar-refractivity contribution in [2.24, 2.45) is 0 Å². The van der Waals surface area contributed by atoms with E-state index < -0.39 is 0 Å². The van der Waals surface area contributed by atoms with Gasteiger partial charge in [0.15, 0.2) is 5.78 Å². The van der Waals surface area contributed by atoms with Gasteiger partial charge in [-0.05, 0) is 30.7 Å². The van der Waals surface area contributed by atoms with Gasteiger partial charge in [-0.3, -0.25) is 4.79 Å². The van der Waals surface area contributed by atoms with E-state index >= 15 is 0 Å². The zero-order valence-corrected chi connectivity index (χ0v) is 9.62. The second kappa shape index (κ2) is 6.68. The smallest absolute Gasteiger partial charge is 0.162 e. The molecule has 84 valence electrons. The Hall–Kier alpha value is -1.75. The van der Waals surface area contributed by atoms with Crippen molar-refractivity contribution in [1.82, 2.24) is 0 Å². The Labute approximate surface area is 97.1 Å². The number of benzene rings is 1. The van der Waals surface area contributed by atoms with Crippen LogP contribution in [0.4, 0.5) is 5.69 Å². The van der Waals surface area contributed by atoms with Gasteiger partial charge in [-0.2, -0.15) is 0 Å². The summed E-state index contributed by atoms with van der Waals surface area (Å²) in [6.45, 7) is 2.74. The third kappa shape index (κ3) is 3.78. The standard InChI is InChI=1S/C14H17NO/c1-3-5-6-11-15-13-9-7-12(8-10-13)14(16)4-2/h1,7-10,15H,4-6,11H2,2H3. The normalized spacial score (nSPS) is 9.50. The molecule has 0 fully saturated rings. The first-order valence-electron chi connectivity index (χ1n) is 5.58. The van der Waals surface area contributed by atoms with Crippen LogP contribution >= 0.6 is 0 Å². The lowest BCUT2D eigenvalue weighted by Crippen LogP contribution is -2.02. The first-order chi connectivity index (χ1) is 7.77. The molecule has 0 aromatic heterocycles. The van der Waals surface area contributed by atoms with Crippen molar-refractivity contribution in [3.63, 3.8) is 0 Å². The average Bonchev–Trinajstić information content (AvgIpc) is 2.34. The van der Waals surface area contributed by atoms with E-state index in [-0.39, 0.29) is 5.78 Å². The number of terminal acetylenes is 1. The molecule has 2 heteroatoms. The lowest BCUT2D eigenvalue weighted by molar-refractivity contribution is 0.0988. The van der Waals surface area contributed by atoms with Crippen LogP contribution in [-0.4, -0.2) is 12.3 Å². The van der Waals surface area contributed by atoms with Gasteiger partial charge in [-0.15, -0.1) is 12.3 Å². The average molecular weight is 215 g/mol. The largest absolute Gasteiger partial charge is 0.385 e. The summed E-state index contributed by atoms with van der Waals surface area (Å²) in [7, 11) is 0. The van der Waals surface area contributed by atoms with E-state index in [4.69, 9.17) is 6.42 Å². The summed E-state index contributed by atoms with van der Waals surface area (Å²) >= 11 is 0. The number of hydrogen-bond acceptors (Lipinski definition) is 2. The van der Waals surface area contributed by atoms with Crippen LogP contribution in [0.25, 0.3) is 0 Å². The number of rotatable bonds is 6. The van der Waals surface area contributed by atoms with E-state index in [1.165, 1.54) is 0 Å². The lowest BCUT2D eigenvalue weighted by Gasteiger charge is -2.05. The molecule has 0 aliphatic carbocycles. The Morgan fingerprint density at radius 2 is 2.06 bits per heavy atom. The van der Waals surface area contributed by atoms with Gasteiger partial charge in [0, 0.05) is 30.6 Å². The maximum absolute atomic E-state index is 11.4. The second-order valence-electron chi connectivity index (χ2n) is 3.59. The summed E-state index contributed by atoms with van der Waals surface area (Å²) in [5.74, 6) is 2.78. The number of unbranched alkanes of at least 4 members (excludes halogenated alkanes) is 1. The van der Waals surface area contributed by atoms with Crippen molar-refractivity contribution in [3.05, 3.63) is 29.8 Å². The topological polar surface area (TPSA) is 29.1 Å². The van der Waals surface area contributed by atoms with E-state index in [0.29, 0.717) is 6.42 Å². The monoisotopic (exact) mass is 215 g/mol. The predicted molar refractivity (Wildman–Crippen MR) is 67.6 cm³/mol. The van der Waals surface area contributed by atoms with Crippen LogP contribution in [0.2, 0.25) is 0 Å². The van der Waals surface area contributed by atoms with E-state index in [1.54, 1.807) is 0 Å². The zero-order valence-electron chi connectivity index (χ0n) is 9.62. The van der Waals surface area contributed by atoms with Gasteiger partial charge in [-0.25, -0.2) is 0 Å². The van der Waals surface area contributed by atoms with Crippen LogP contribution in [-0.2, 0) is 0 Å². The van der Waals surface area contributed by atoms with Gasteiger partial charge in [0.25, 0.3) is 0 Å². The number of Topliss-reactive ketones (excluding diaryl/α,β-unsaturated/α-hetero) is 1. The molecule has 0 spiro atoms. The van der Waals surface area contributed by atoms with E-state index in [0.717, 1.165) is 30.6 Å². The van der Waals surface area contributed by atoms with Crippen LogP contribution in [0, 0.1) is 12.3 Å². The Morgan fingerprint density at radius 3 is 2.62 bits per heavy atom. The molecule has 0 heterocycles. The van der Waals surface area contributed by atoms with E-state index in [9.17, 15) is 4.79 Å². The van der Waals surface area contributed by atoms with Gasteiger partial charge in [0.05, 0.1) is 0 Å². The summed E-state index contributed by atoms with van der Waals surface area (Å²) in [5.41, 5.74) is 1.81. The highest BCUT2D eigenvalue weighted by Crippen LogP contribution is 2.11. The van der Waals surface area contributed by atoms with Crippen molar-refractivity contribution in [1.29, 1.82) is 0 Å². The fraction of sp³-hybridized carbons (Fsp3) is 0.357. The third-order valence-electron chi connectivity index (χ3n) is 2.36. The Balaban J connectivity index is 2.46. The second-order valence-corrected chi connectivity index (χ2v) is 3.59. The highest BCUT2D eigenvalue weighted by Gasteiger charge is 2.01. The molecule has 0 amide bonds. The number of nitrogens with one attached hydrogen (secondary N) is 1. The van der Waals surface area contributed by atoms with Crippen molar-refractivity contribution >= 4 is 11.5 Å². The van der Waals surface area contributed by atoms with Crippen molar-refractivity contribution in [2.45, 2.75) is 26.2 Å². The molecule has 0 bridgehead atoms. The minimum atomic E-state index is 0.180. The molecule has 1 aromatic rings. The van der Waals surface area contributed by atoms with Crippen LogP contribution in [0.3, 0.4) is 0 Å². The zero-order chi connectivity index (χ0) is 11.8. The SMILES string of the molecule is C#CCCCNc1ccc(C(=O)CC)cc1. The van der Waals surface area contributed by atoms with Crippen molar-refractivity contribution in [3.8, 4) is 12.3 Å². The summed E-state index contributed by atoms with van der Waals surface area (Å²) in [4.78, 5) is 11.4. The lowest BCUT2D eigenvalue weighted by atomic mass is 10.1. The van der Waals surface area contributed by atoms with E-state index in [2.05, 4.69) is 11.2 Å². The molecule has 0 aliphatic heterocycles. The van der Waals surface area contributed by atoms with Gasteiger partial charge in [0.2, 0.25) is 0 Å². The molecule has 0 unspecified atom stereocenters. The molecular formula is C14H17NO. The summed E-state index contributed by atoms with van der Waals surface area (Å²) in [6.07, 6.45) is 7.47. The Kier molecular flexibility index (Phi) is 5.15. The first kappa shape index (κ1) is 12.3. The van der Waals surface area contributed by atoms with E-state index in [1.807, 2.05) is 31.2 Å². The maximum Gasteiger partial charge on any atom is 0.162 e. The maximum atomic E-state index is 11.4. The Bertz CT molecular complexity index is 373. The number of anilines is 1. The Morgan fingerprint density at radius 1 is 1.38 bits per heavy atom. The third-order valence-corrected chi connectivity index (χ3v) is 2.36. The minimum Gasteiger partial charge on any atom is -0.385 e. The molecule has 0 atom stereocenters. The minimum absolute atomic E-state index is 0.180. The number of ketones is 1. The highest BCUT2D eigenvalue weighted by molar-refractivity contribution is 5.96. The molecular weight excluding hydrogens is 198 g/mol. The first-order valence-corrected chi connectivity index (χ1v) is 5.58. The van der Waals surface area contributed by atoms with Crippen LogP contribution in [0.5, 0.6) is 0 Å². The van der Waals surface area contributed by atoms with Gasteiger partial charge in [-0.1, -0.05) is 6.92 Å². The summed E-state index contributed by atoms with van der Waals surface area (Å²) < 4.78 is 0. The quantitative estimate of drug-likeness (QED) is 0.449. The van der Waals surface area contributed by atoms with Crippen molar-refractivity contribution in [2.75, 3.05) is 11.9 Å². The number of hydrogen-bond donors (Lipinski definition) is 1. The fourth-order valence-corrected chi connectivity index (χ4v) is 1.40. The van der Waals surface area contributed by atoms with Gasteiger partial charge >= 0.3 is 0 Å². The number of carbonyl (C=O) groups is 1. The predicted octanol–water partition coefficient (Wildman–Crippen LogP) is 3.10. The number of carbonyl (C=O) groups excluding carboxylic acids is 1. The molecule has 0 saturated carbocycles. The van der Waals surface area contributed by atoms with Gasteiger partial charge < -0.3 is 5.32 Å². The summed E-state index contributed by atoms with van der Waals surface area (Å²) in [5, 5.41) is 3.26. The molecule has 0 saturated heterocycles. The molecule has 1 aromatic carbocycles. The fourth-order valence-electron chi connectivity index (χ4n) is 1.40. The molecule has 0 radical (unpaired) electrons. The molecule has 1 rings (SSSR count). The van der Waals surface area contributed by atoms with Crippen LogP contribution in [0.1, 0.15) is 36.5 Å². The highest BCUT2D eigenvalue weighted by atomic mass is 16.1. The molecule has 16 heavy (non-hydrogen) atoms. The van der Waals surface area contributed by atoms with Crippen molar-refractivity contribution < 1.29 is 4.79 Å². The summed E-state index contributed by atoms with van der Waals surface area (Å²) in [6, 6.07) is 7.57. The molecule has 1 N–H and O–H groups in total. The van der Waals surface area contributed by atoms with Gasteiger partial charge in [0.1, 0.15) is 0 Å². The molecule has 2 nitrogen and oxygen atoms in total. The van der Waals surface area contributed by atoms with Crippen LogP contribution in [0.15, 0.2) is 24.3 Å². The van der Waals surface area contributed by atoms with Crippen LogP contribution < -0.4 is 5.32 Å². The molecule has 0 aliphatic rings.